The van der Waals surface area contributed by atoms with Gasteiger partial charge in [-0.15, -0.1) is 0 Å². The molecule has 21 heavy (non-hydrogen) atoms. The molecule has 1 aliphatic rings. The Hall–Kier alpha value is -1.84. The lowest BCUT2D eigenvalue weighted by Crippen LogP contribution is -2.62. The number of rotatable bonds is 4. The van der Waals surface area contributed by atoms with Crippen molar-refractivity contribution in [1.82, 2.24) is 10.2 Å². The van der Waals surface area contributed by atoms with Gasteiger partial charge in [0.05, 0.1) is 0 Å². The van der Waals surface area contributed by atoms with E-state index in [0.29, 0.717) is 0 Å². The van der Waals surface area contributed by atoms with E-state index in [1.54, 1.807) is 4.90 Å². The van der Waals surface area contributed by atoms with Crippen LogP contribution in [0.25, 0.3) is 0 Å². The molecule has 2 rings (SSSR count). The maximum atomic E-state index is 12.8. The fourth-order valence-corrected chi connectivity index (χ4v) is 2.78. The van der Waals surface area contributed by atoms with Crippen molar-refractivity contribution in [3.63, 3.8) is 0 Å². The summed E-state index contributed by atoms with van der Waals surface area (Å²) in [6, 6.07) is 8.61. The predicted molar refractivity (Wildman–Crippen MR) is 82.6 cm³/mol. The molecule has 3 atom stereocenters. The summed E-state index contributed by atoms with van der Waals surface area (Å²) in [6.45, 7) is 7.96. The van der Waals surface area contributed by atoms with Gasteiger partial charge in [0.15, 0.2) is 0 Å². The number of hydrogen-bond donors (Lipinski definition) is 1. The average Bonchev–Trinajstić information content (AvgIpc) is 2.48. The van der Waals surface area contributed by atoms with Crippen LogP contribution in [0.15, 0.2) is 30.3 Å². The standard InChI is InChI=1S/C17H24N2O2/c1-5-12(4)19-15(13-9-7-6-8-10-13)16(20)18-14(11(2)3)17(19)21/h6-12,14-15H,5H2,1-4H3,(H,18,20). The van der Waals surface area contributed by atoms with Gasteiger partial charge in [-0.05, 0) is 24.8 Å². The second kappa shape index (κ2) is 6.29. The molecule has 1 fully saturated rings. The summed E-state index contributed by atoms with van der Waals surface area (Å²) in [6.07, 6.45) is 0.827. The second-order valence-electron chi connectivity index (χ2n) is 6.05. The highest BCUT2D eigenvalue weighted by molar-refractivity contribution is 5.97. The van der Waals surface area contributed by atoms with E-state index in [-0.39, 0.29) is 23.8 Å². The molecule has 1 aromatic rings. The molecule has 1 N–H and O–H groups in total. The van der Waals surface area contributed by atoms with Crippen LogP contribution in [0, 0.1) is 5.92 Å². The Bertz CT molecular complexity index is 513. The molecular weight excluding hydrogens is 264 g/mol. The van der Waals surface area contributed by atoms with E-state index in [1.165, 1.54) is 0 Å². The van der Waals surface area contributed by atoms with E-state index in [9.17, 15) is 9.59 Å². The Morgan fingerprint density at radius 2 is 1.76 bits per heavy atom. The van der Waals surface area contributed by atoms with Gasteiger partial charge in [0.25, 0.3) is 0 Å². The molecule has 0 bridgehead atoms. The largest absolute Gasteiger partial charge is 0.342 e. The zero-order chi connectivity index (χ0) is 15.6. The highest BCUT2D eigenvalue weighted by Crippen LogP contribution is 2.30. The number of carbonyl (C=O) groups excluding carboxylic acids is 2. The number of amides is 2. The Balaban J connectivity index is 2.42. The van der Waals surface area contributed by atoms with Crippen molar-refractivity contribution in [3.8, 4) is 0 Å². The first-order valence-corrected chi connectivity index (χ1v) is 7.64. The molecule has 0 saturated carbocycles. The van der Waals surface area contributed by atoms with Gasteiger partial charge in [0, 0.05) is 6.04 Å². The van der Waals surface area contributed by atoms with Gasteiger partial charge in [0.2, 0.25) is 11.8 Å². The molecular formula is C17H24N2O2. The smallest absolute Gasteiger partial charge is 0.248 e. The SMILES string of the molecule is CCC(C)N1C(=O)C(C(C)C)NC(=O)C1c1ccccc1. The predicted octanol–water partition coefficient (Wildman–Crippen LogP) is 2.51. The summed E-state index contributed by atoms with van der Waals surface area (Å²) in [4.78, 5) is 27.2. The van der Waals surface area contributed by atoms with Crippen molar-refractivity contribution in [2.75, 3.05) is 0 Å². The summed E-state index contributed by atoms with van der Waals surface area (Å²) < 4.78 is 0. The molecule has 2 amide bonds. The first-order chi connectivity index (χ1) is 9.97. The third-order valence-electron chi connectivity index (χ3n) is 4.19. The lowest BCUT2D eigenvalue weighted by Gasteiger charge is -2.43. The summed E-state index contributed by atoms with van der Waals surface area (Å²) in [5.41, 5.74) is 0.867. The minimum absolute atomic E-state index is 0.0211. The van der Waals surface area contributed by atoms with Crippen LogP contribution in [0.1, 0.15) is 45.7 Å². The Labute approximate surface area is 126 Å². The molecule has 0 aromatic heterocycles. The fourth-order valence-electron chi connectivity index (χ4n) is 2.78. The maximum absolute atomic E-state index is 12.8. The van der Waals surface area contributed by atoms with Gasteiger partial charge < -0.3 is 10.2 Å². The van der Waals surface area contributed by atoms with E-state index < -0.39 is 12.1 Å². The summed E-state index contributed by atoms with van der Waals surface area (Å²) in [5.74, 6) is 0.0253. The second-order valence-corrected chi connectivity index (χ2v) is 6.05. The minimum Gasteiger partial charge on any atom is -0.342 e. The zero-order valence-electron chi connectivity index (χ0n) is 13.2. The third kappa shape index (κ3) is 2.94. The first kappa shape index (κ1) is 15.5. The van der Waals surface area contributed by atoms with Crippen molar-refractivity contribution in [2.45, 2.75) is 52.2 Å². The van der Waals surface area contributed by atoms with Crippen molar-refractivity contribution < 1.29 is 9.59 Å². The highest BCUT2D eigenvalue weighted by atomic mass is 16.2. The van der Waals surface area contributed by atoms with Crippen LogP contribution in [0.2, 0.25) is 0 Å². The zero-order valence-corrected chi connectivity index (χ0v) is 13.2. The molecule has 1 aromatic carbocycles. The van der Waals surface area contributed by atoms with Gasteiger partial charge in [-0.1, -0.05) is 51.1 Å². The number of piperazine rings is 1. The number of hydrogen-bond acceptors (Lipinski definition) is 2. The molecule has 0 aliphatic carbocycles. The van der Waals surface area contributed by atoms with Crippen molar-refractivity contribution in [2.24, 2.45) is 5.92 Å². The average molecular weight is 288 g/mol. The molecule has 1 saturated heterocycles. The summed E-state index contributed by atoms with van der Waals surface area (Å²) in [5, 5.41) is 2.89. The van der Waals surface area contributed by atoms with E-state index in [4.69, 9.17) is 0 Å². The molecule has 0 spiro atoms. The number of nitrogens with one attached hydrogen (secondary N) is 1. The number of benzene rings is 1. The van der Waals surface area contributed by atoms with E-state index in [2.05, 4.69) is 5.32 Å². The first-order valence-electron chi connectivity index (χ1n) is 7.64. The van der Waals surface area contributed by atoms with Crippen molar-refractivity contribution >= 4 is 11.8 Å². The third-order valence-corrected chi connectivity index (χ3v) is 4.19. The summed E-state index contributed by atoms with van der Waals surface area (Å²) in [7, 11) is 0. The molecule has 4 nitrogen and oxygen atoms in total. The van der Waals surface area contributed by atoms with Crippen LogP contribution in [0.4, 0.5) is 0 Å². The van der Waals surface area contributed by atoms with Crippen LogP contribution in [-0.2, 0) is 9.59 Å². The van der Waals surface area contributed by atoms with Gasteiger partial charge in [-0.25, -0.2) is 0 Å². The Kier molecular flexibility index (Phi) is 4.66. The normalized spacial score (nSPS) is 24.1. The quantitative estimate of drug-likeness (QED) is 0.925. The van der Waals surface area contributed by atoms with Crippen LogP contribution >= 0.6 is 0 Å². The summed E-state index contributed by atoms with van der Waals surface area (Å²) >= 11 is 0. The Morgan fingerprint density at radius 1 is 1.14 bits per heavy atom. The van der Waals surface area contributed by atoms with Crippen molar-refractivity contribution in [3.05, 3.63) is 35.9 Å². The van der Waals surface area contributed by atoms with Crippen molar-refractivity contribution in [1.29, 1.82) is 0 Å². The molecule has 0 radical (unpaired) electrons. The topological polar surface area (TPSA) is 49.4 Å². The molecule has 4 heteroatoms. The van der Waals surface area contributed by atoms with Crippen LogP contribution in [0.5, 0.6) is 0 Å². The van der Waals surface area contributed by atoms with Gasteiger partial charge in [-0.2, -0.15) is 0 Å². The maximum Gasteiger partial charge on any atom is 0.248 e. The van der Waals surface area contributed by atoms with E-state index >= 15 is 0 Å². The van der Waals surface area contributed by atoms with E-state index in [0.717, 1.165) is 12.0 Å². The van der Waals surface area contributed by atoms with Gasteiger partial charge >= 0.3 is 0 Å². The molecule has 3 unspecified atom stereocenters. The van der Waals surface area contributed by atoms with E-state index in [1.807, 2.05) is 58.0 Å². The number of carbonyl (C=O) groups is 2. The Morgan fingerprint density at radius 3 is 2.29 bits per heavy atom. The van der Waals surface area contributed by atoms with Crippen LogP contribution in [0.3, 0.4) is 0 Å². The number of nitrogens with zero attached hydrogens (tertiary/aromatic N) is 1. The lowest BCUT2D eigenvalue weighted by molar-refractivity contribution is -0.153. The lowest BCUT2D eigenvalue weighted by atomic mass is 9.93. The molecule has 1 aliphatic heterocycles. The minimum atomic E-state index is -0.524. The molecule has 114 valence electrons. The molecule has 1 heterocycles. The monoisotopic (exact) mass is 288 g/mol. The fraction of sp³-hybridized carbons (Fsp3) is 0.529. The highest BCUT2D eigenvalue weighted by Gasteiger charge is 2.43. The van der Waals surface area contributed by atoms with Crippen LogP contribution < -0.4 is 5.32 Å². The van der Waals surface area contributed by atoms with Gasteiger partial charge in [-0.3, -0.25) is 9.59 Å². The van der Waals surface area contributed by atoms with Gasteiger partial charge in [0.1, 0.15) is 12.1 Å². The van der Waals surface area contributed by atoms with Crippen LogP contribution in [-0.4, -0.2) is 28.8 Å².